The molecule has 0 atom stereocenters. The third-order valence-electron chi connectivity index (χ3n) is 4.41. The molecule has 182 valence electrons. The molecule has 0 aliphatic rings. The second-order valence-corrected chi connectivity index (χ2v) is 8.78. The van der Waals surface area contributed by atoms with E-state index < -0.39 is 11.9 Å². The highest BCUT2D eigenvalue weighted by Crippen LogP contribution is 2.31. The van der Waals surface area contributed by atoms with E-state index in [2.05, 4.69) is 26.5 Å². The van der Waals surface area contributed by atoms with Crippen LogP contribution in [-0.2, 0) is 4.79 Å². The quantitative estimate of drug-likeness (QED) is 0.132. The first-order chi connectivity index (χ1) is 16.9. The third kappa shape index (κ3) is 7.99. The Labute approximate surface area is 221 Å². The third-order valence-corrected chi connectivity index (χ3v) is 5.70. The SMILES string of the molecule is CCCOc1ccc(C(=O)Oc2ccc(Br)cc2/C=N/NC(=O)COc2cccc(Cl)c2Cl)cc1. The molecule has 0 aromatic heterocycles. The Hall–Kier alpha value is -3.07. The van der Waals surface area contributed by atoms with Crippen LogP contribution in [0, 0.1) is 0 Å². The predicted molar refractivity (Wildman–Crippen MR) is 139 cm³/mol. The summed E-state index contributed by atoms with van der Waals surface area (Å²) in [4.78, 5) is 24.7. The number of carbonyl (C=O) groups is 2. The normalized spacial score (nSPS) is 10.7. The Morgan fingerprint density at radius 2 is 1.80 bits per heavy atom. The van der Waals surface area contributed by atoms with Crippen LogP contribution >= 0.6 is 39.1 Å². The summed E-state index contributed by atoms with van der Waals surface area (Å²) in [6, 6.07) is 16.6. The van der Waals surface area contributed by atoms with Crippen LogP contribution in [0.1, 0.15) is 29.3 Å². The Morgan fingerprint density at radius 3 is 2.54 bits per heavy atom. The molecule has 7 nitrogen and oxygen atoms in total. The molecule has 3 aromatic rings. The first kappa shape index (κ1) is 26.5. The van der Waals surface area contributed by atoms with Crippen LogP contribution in [-0.4, -0.2) is 31.3 Å². The van der Waals surface area contributed by atoms with E-state index >= 15 is 0 Å². The van der Waals surface area contributed by atoms with Gasteiger partial charge in [0.05, 0.1) is 23.4 Å². The summed E-state index contributed by atoms with van der Waals surface area (Å²) in [5, 5.41) is 4.46. The van der Waals surface area contributed by atoms with Crippen molar-refractivity contribution < 1.29 is 23.8 Å². The number of benzene rings is 3. The highest BCUT2D eigenvalue weighted by molar-refractivity contribution is 9.10. The number of ether oxygens (including phenoxy) is 3. The Bertz CT molecular complexity index is 1220. The van der Waals surface area contributed by atoms with Gasteiger partial charge in [0.25, 0.3) is 5.91 Å². The maximum atomic E-state index is 12.6. The van der Waals surface area contributed by atoms with Crippen molar-refractivity contribution in [1.82, 2.24) is 5.43 Å². The number of hydrazone groups is 1. The topological polar surface area (TPSA) is 86.2 Å². The zero-order valence-corrected chi connectivity index (χ0v) is 21.7. The van der Waals surface area contributed by atoms with Crippen molar-refractivity contribution in [1.29, 1.82) is 0 Å². The van der Waals surface area contributed by atoms with Crippen molar-refractivity contribution in [2.45, 2.75) is 13.3 Å². The van der Waals surface area contributed by atoms with Gasteiger partial charge in [-0.3, -0.25) is 4.79 Å². The van der Waals surface area contributed by atoms with Crippen LogP contribution in [0.2, 0.25) is 10.0 Å². The summed E-state index contributed by atoms with van der Waals surface area (Å²) in [6.45, 7) is 2.29. The fraction of sp³-hybridized carbons (Fsp3) is 0.160. The number of esters is 1. The number of hydrogen-bond acceptors (Lipinski definition) is 6. The van der Waals surface area contributed by atoms with E-state index in [9.17, 15) is 9.59 Å². The number of nitrogens with one attached hydrogen (secondary N) is 1. The van der Waals surface area contributed by atoms with Crippen molar-refractivity contribution in [3.63, 3.8) is 0 Å². The van der Waals surface area contributed by atoms with Crippen LogP contribution in [0.15, 0.2) is 70.2 Å². The fourth-order valence-corrected chi connectivity index (χ4v) is 3.45. The van der Waals surface area contributed by atoms with Gasteiger partial charge in [-0.1, -0.05) is 52.1 Å². The van der Waals surface area contributed by atoms with E-state index in [-0.39, 0.29) is 23.1 Å². The van der Waals surface area contributed by atoms with Crippen molar-refractivity contribution >= 4 is 57.2 Å². The molecule has 1 amide bonds. The van der Waals surface area contributed by atoms with E-state index in [0.717, 1.165) is 10.9 Å². The standard InChI is InChI=1S/C25H21BrCl2N2O5/c1-2-12-33-19-9-6-16(7-10-19)25(32)35-21-11-8-18(26)13-17(21)14-29-30-23(31)15-34-22-5-3-4-20(27)24(22)28/h3-11,13-14H,2,12,15H2,1H3,(H,30,31)/b29-14+. The highest BCUT2D eigenvalue weighted by atomic mass is 79.9. The van der Waals surface area contributed by atoms with Gasteiger partial charge < -0.3 is 14.2 Å². The first-order valence-electron chi connectivity index (χ1n) is 10.5. The minimum atomic E-state index is -0.542. The van der Waals surface area contributed by atoms with Gasteiger partial charge in [-0.05, 0) is 61.0 Å². The summed E-state index contributed by atoms with van der Waals surface area (Å²) in [7, 11) is 0. The average molecular weight is 580 g/mol. The molecule has 3 rings (SSSR count). The van der Waals surface area contributed by atoms with Crippen LogP contribution in [0.25, 0.3) is 0 Å². The maximum Gasteiger partial charge on any atom is 0.343 e. The Balaban J connectivity index is 1.60. The number of rotatable bonds is 10. The molecule has 0 unspecified atom stereocenters. The number of nitrogens with zero attached hydrogens (tertiary/aromatic N) is 1. The second kappa shape index (κ2) is 13.1. The van der Waals surface area contributed by atoms with E-state index in [1.807, 2.05) is 6.92 Å². The zero-order chi connectivity index (χ0) is 25.2. The molecule has 0 saturated carbocycles. The molecule has 0 aliphatic carbocycles. The lowest BCUT2D eigenvalue weighted by molar-refractivity contribution is -0.123. The smallest absolute Gasteiger partial charge is 0.343 e. The molecular weight excluding hydrogens is 559 g/mol. The summed E-state index contributed by atoms with van der Waals surface area (Å²) in [5.41, 5.74) is 3.18. The molecule has 0 spiro atoms. The molecular formula is C25H21BrCl2N2O5. The summed E-state index contributed by atoms with van der Waals surface area (Å²) in [5.74, 6) is 0.169. The minimum absolute atomic E-state index is 0.217. The minimum Gasteiger partial charge on any atom is -0.494 e. The van der Waals surface area contributed by atoms with Crippen LogP contribution in [0.4, 0.5) is 0 Å². The van der Waals surface area contributed by atoms with Gasteiger partial charge in [0.15, 0.2) is 6.61 Å². The number of amides is 1. The Morgan fingerprint density at radius 1 is 1.03 bits per heavy atom. The predicted octanol–water partition coefficient (Wildman–Crippen LogP) is 6.29. The van der Waals surface area contributed by atoms with Gasteiger partial charge in [-0.2, -0.15) is 5.10 Å². The van der Waals surface area contributed by atoms with Crippen molar-refractivity contribution in [3.8, 4) is 17.2 Å². The van der Waals surface area contributed by atoms with E-state index in [1.54, 1.807) is 60.7 Å². The lowest BCUT2D eigenvalue weighted by atomic mass is 10.2. The molecule has 0 heterocycles. The zero-order valence-electron chi connectivity index (χ0n) is 18.6. The monoisotopic (exact) mass is 578 g/mol. The number of halogens is 3. The summed E-state index contributed by atoms with van der Waals surface area (Å²) < 4.78 is 17.2. The van der Waals surface area contributed by atoms with Gasteiger partial charge in [-0.25, -0.2) is 10.2 Å². The first-order valence-corrected chi connectivity index (χ1v) is 12.1. The van der Waals surface area contributed by atoms with Gasteiger partial charge in [0, 0.05) is 10.0 Å². The van der Waals surface area contributed by atoms with Gasteiger partial charge >= 0.3 is 5.97 Å². The van der Waals surface area contributed by atoms with Crippen molar-refractivity contribution in [2.75, 3.05) is 13.2 Å². The van der Waals surface area contributed by atoms with E-state index in [1.165, 1.54) is 6.21 Å². The molecule has 0 bridgehead atoms. The molecule has 0 saturated heterocycles. The average Bonchev–Trinajstić information content (AvgIpc) is 2.85. The molecule has 1 N–H and O–H groups in total. The van der Waals surface area contributed by atoms with E-state index in [0.29, 0.717) is 28.5 Å². The van der Waals surface area contributed by atoms with Crippen LogP contribution in [0.5, 0.6) is 17.2 Å². The molecule has 10 heteroatoms. The van der Waals surface area contributed by atoms with Crippen molar-refractivity contribution in [2.24, 2.45) is 5.10 Å². The van der Waals surface area contributed by atoms with Crippen LogP contribution in [0.3, 0.4) is 0 Å². The lowest BCUT2D eigenvalue weighted by Crippen LogP contribution is -2.24. The van der Waals surface area contributed by atoms with Gasteiger partial charge in [0.2, 0.25) is 0 Å². The lowest BCUT2D eigenvalue weighted by Gasteiger charge is -2.09. The van der Waals surface area contributed by atoms with E-state index in [4.69, 9.17) is 37.4 Å². The highest BCUT2D eigenvalue weighted by Gasteiger charge is 2.12. The molecule has 0 fully saturated rings. The number of hydrogen-bond donors (Lipinski definition) is 1. The second-order valence-electron chi connectivity index (χ2n) is 7.08. The van der Waals surface area contributed by atoms with Crippen molar-refractivity contribution in [3.05, 3.63) is 86.3 Å². The maximum absolute atomic E-state index is 12.6. The summed E-state index contributed by atoms with van der Waals surface area (Å²) >= 11 is 15.3. The van der Waals surface area contributed by atoms with Gasteiger partial charge in [-0.15, -0.1) is 0 Å². The number of carbonyl (C=O) groups excluding carboxylic acids is 2. The van der Waals surface area contributed by atoms with Crippen LogP contribution < -0.4 is 19.6 Å². The largest absolute Gasteiger partial charge is 0.494 e. The fourth-order valence-electron chi connectivity index (χ4n) is 2.72. The summed E-state index contributed by atoms with van der Waals surface area (Å²) in [6.07, 6.45) is 2.25. The Kier molecular flexibility index (Phi) is 9.96. The molecule has 3 aromatic carbocycles. The molecule has 35 heavy (non-hydrogen) atoms. The molecule has 0 radical (unpaired) electrons. The molecule has 0 aliphatic heterocycles. The van der Waals surface area contributed by atoms with Gasteiger partial charge in [0.1, 0.15) is 22.3 Å².